The summed E-state index contributed by atoms with van der Waals surface area (Å²) in [6.45, 7) is 0. The van der Waals surface area contributed by atoms with Gasteiger partial charge < -0.3 is 0 Å². The van der Waals surface area contributed by atoms with Crippen LogP contribution < -0.4 is 0 Å². The van der Waals surface area contributed by atoms with Gasteiger partial charge in [0.2, 0.25) is 0 Å². The lowest BCUT2D eigenvalue weighted by Crippen LogP contribution is -2.03. The first kappa shape index (κ1) is 11.0. The molecular weight excluding hydrogens is 219 g/mol. The molecule has 1 rings (SSSR count). The van der Waals surface area contributed by atoms with E-state index in [-0.39, 0.29) is 17.9 Å². The topological polar surface area (TPSA) is 30.0 Å². The minimum atomic E-state index is -2.99. The summed E-state index contributed by atoms with van der Waals surface area (Å²) in [6.07, 6.45) is -2.91. The molecule has 0 aliphatic heterocycles. The van der Waals surface area contributed by atoms with Crippen molar-refractivity contribution >= 4 is 17.9 Å². The van der Waals surface area contributed by atoms with E-state index in [2.05, 4.69) is 4.98 Å². The van der Waals surface area contributed by atoms with E-state index in [1.165, 1.54) is 0 Å². The zero-order chi connectivity index (χ0) is 10.7. The minimum absolute atomic E-state index is 0.0467. The van der Waals surface area contributed by atoms with Gasteiger partial charge in [-0.05, 0) is 6.07 Å². The average Bonchev–Trinajstić information content (AvgIpc) is 2.17. The van der Waals surface area contributed by atoms with Gasteiger partial charge in [-0.1, -0.05) is 0 Å². The predicted octanol–water partition coefficient (Wildman–Crippen LogP) is 2.71. The van der Waals surface area contributed by atoms with Gasteiger partial charge >= 0.3 is 0 Å². The highest BCUT2D eigenvalue weighted by atomic mass is 35.5. The second kappa shape index (κ2) is 4.41. The molecule has 0 aliphatic rings. The molecule has 1 aromatic rings. The van der Waals surface area contributed by atoms with Gasteiger partial charge in [0, 0.05) is 0 Å². The van der Waals surface area contributed by atoms with Crippen molar-refractivity contribution in [2.45, 2.75) is 12.3 Å². The third kappa shape index (κ3) is 2.04. The Kier molecular flexibility index (Phi) is 3.46. The van der Waals surface area contributed by atoms with E-state index in [4.69, 9.17) is 11.6 Å². The number of carbonyl (C=O) groups is 1. The third-order valence-electron chi connectivity index (χ3n) is 1.55. The van der Waals surface area contributed by atoms with Gasteiger partial charge in [-0.15, -0.1) is 11.6 Å². The van der Waals surface area contributed by atoms with Crippen LogP contribution in [0.2, 0.25) is 0 Å². The molecule has 0 saturated carbocycles. The molecule has 1 heterocycles. The van der Waals surface area contributed by atoms with Crippen LogP contribution in [0.15, 0.2) is 6.07 Å². The molecule has 0 N–H and O–H groups in total. The smallest absolute Gasteiger partial charge is 0.266 e. The van der Waals surface area contributed by atoms with Gasteiger partial charge in [0.15, 0.2) is 12.1 Å². The van der Waals surface area contributed by atoms with Gasteiger partial charge in [-0.2, -0.15) is 0 Å². The monoisotopic (exact) mass is 223 g/mol. The molecule has 0 saturated heterocycles. The van der Waals surface area contributed by atoms with Gasteiger partial charge in [0.1, 0.15) is 5.69 Å². The van der Waals surface area contributed by atoms with Crippen LogP contribution in [-0.2, 0) is 5.88 Å². The van der Waals surface area contributed by atoms with Crippen LogP contribution in [0.25, 0.3) is 0 Å². The van der Waals surface area contributed by atoms with Crippen molar-refractivity contribution < 1.29 is 18.0 Å². The van der Waals surface area contributed by atoms with Gasteiger partial charge in [0.25, 0.3) is 6.43 Å². The zero-order valence-corrected chi connectivity index (χ0v) is 7.56. The molecule has 0 spiro atoms. The summed E-state index contributed by atoms with van der Waals surface area (Å²) in [5.41, 5.74) is -1.44. The number of halogens is 4. The maximum absolute atomic E-state index is 13.0. The number of hydrogen-bond acceptors (Lipinski definition) is 2. The van der Waals surface area contributed by atoms with Gasteiger partial charge in [0.05, 0.1) is 17.1 Å². The Hall–Kier alpha value is -1.10. The number of alkyl halides is 3. The maximum atomic E-state index is 13.0. The van der Waals surface area contributed by atoms with Crippen molar-refractivity contribution in [3.8, 4) is 0 Å². The molecule has 0 atom stereocenters. The van der Waals surface area contributed by atoms with Crippen molar-refractivity contribution in [1.82, 2.24) is 4.98 Å². The highest BCUT2D eigenvalue weighted by Crippen LogP contribution is 2.24. The van der Waals surface area contributed by atoms with E-state index in [0.717, 1.165) is 6.07 Å². The van der Waals surface area contributed by atoms with Crippen molar-refractivity contribution in [1.29, 1.82) is 0 Å². The Labute approximate surface area is 82.7 Å². The first-order chi connectivity index (χ1) is 6.60. The number of hydrogen-bond donors (Lipinski definition) is 0. The maximum Gasteiger partial charge on any atom is 0.266 e. The molecule has 14 heavy (non-hydrogen) atoms. The molecule has 0 radical (unpaired) electrons. The summed E-state index contributed by atoms with van der Waals surface area (Å²) in [4.78, 5) is 13.7. The number of carbonyl (C=O) groups excluding carboxylic acids is 1. The summed E-state index contributed by atoms with van der Waals surface area (Å²) < 4.78 is 37.5. The number of rotatable bonds is 3. The van der Waals surface area contributed by atoms with E-state index in [0.29, 0.717) is 0 Å². The Morgan fingerprint density at radius 1 is 1.57 bits per heavy atom. The number of aldehydes is 1. The van der Waals surface area contributed by atoms with Crippen LogP contribution in [0.3, 0.4) is 0 Å². The van der Waals surface area contributed by atoms with Crippen molar-refractivity contribution in [3.05, 3.63) is 28.8 Å². The van der Waals surface area contributed by atoms with Crippen molar-refractivity contribution in [2.75, 3.05) is 0 Å². The molecule has 76 valence electrons. The molecule has 6 heteroatoms. The molecule has 1 aromatic heterocycles. The summed E-state index contributed by atoms with van der Waals surface area (Å²) >= 11 is 5.34. The Morgan fingerprint density at radius 2 is 2.21 bits per heavy atom. The lowest BCUT2D eigenvalue weighted by atomic mass is 10.2. The van der Waals surface area contributed by atoms with Gasteiger partial charge in [-0.25, -0.2) is 18.2 Å². The van der Waals surface area contributed by atoms with Crippen LogP contribution in [0.4, 0.5) is 13.2 Å². The summed E-state index contributed by atoms with van der Waals surface area (Å²) in [7, 11) is 0. The first-order valence-corrected chi connectivity index (χ1v) is 4.12. The van der Waals surface area contributed by atoms with Crippen LogP contribution >= 0.6 is 11.6 Å². The predicted molar refractivity (Wildman–Crippen MR) is 44.1 cm³/mol. The molecule has 0 bridgehead atoms. The van der Waals surface area contributed by atoms with Crippen molar-refractivity contribution in [3.63, 3.8) is 0 Å². The Bertz CT molecular complexity index is 357. The lowest BCUT2D eigenvalue weighted by Gasteiger charge is -2.05. The molecule has 0 fully saturated rings. The highest BCUT2D eigenvalue weighted by molar-refractivity contribution is 6.16. The fourth-order valence-corrected chi connectivity index (χ4v) is 1.07. The average molecular weight is 224 g/mol. The van der Waals surface area contributed by atoms with Crippen LogP contribution in [0, 0.1) is 5.82 Å². The largest absolute Gasteiger partial charge is 0.296 e. The van der Waals surface area contributed by atoms with E-state index in [1.807, 2.05) is 0 Å². The van der Waals surface area contributed by atoms with E-state index < -0.39 is 23.5 Å². The highest BCUT2D eigenvalue weighted by Gasteiger charge is 2.18. The lowest BCUT2D eigenvalue weighted by molar-refractivity contribution is 0.111. The van der Waals surface area contributed by atoms with Crippen LogP contribution in [-0.4, -0.2) is 11.3 Å². The Balaban J connectivity index is 3.34. The standard InChI is InChI=1S/C8H5ClF3NO/c9-2-4-1-5(8(11)12)7(10)6(3-14)13-4/h1,3,8H,2H2. The van der Waals surface area contributed by atoms with Crippen LogP contribution in [0.5, 0.6) is 0 Å². The summed E-state index contributed by atoms with van der Waals surface area (Å²) in [5, 5.41) is 0. The van der Waals surface area contributed by atoms with E-state index in [9.17, 15) is 18.0 Å². The zero-order valence-electron chi connectivity index (χ0n) is 6.81. The van der Waals surface area contributed by atoms with Crippen LogP contribution in [0.1, 0.15) is 28.2 Å². The molecule has 2 nitrogen and oxygen atoms in total. The Morgan fingerprint density at radius 3 is 2.64 bits per heavy atom. The summed E-state index contributed by atoms with van der Waals surface area (Å²) in [6, 6.07) is 0.847. The van der Waals surface area contributed by atoms with Crippen molar-refractivity contribution in [2.24, 2.45) is 0 Å². The second-order valence-corrected chi connectivity index (χ2v) is 2.72. The second-order valence-electron chi connectivity index (χ2n) is 2.45. The molecular formula is C8H5ClF3NO. The van der Waals surface area contributed by atoms with Gasteiger partial charge in [-0.3, -0.25) is 4.79 Å². The molecule has 0 aliphatic carbocycles. The third-order valence-corrected chi connectivity index (χ3v) is 1.82. The first-order valence-electron chi connectivity index (χ1n) is 3.58. The molecule has 0 aromatic carbocycles. The summed E-state index contributed by atoms with van der Waals surface area (Å²) in [5.74, 6) is -1.44. The molecule has 0 amide bonds. The van der Waals surface area contributed by atoms with E-state index >= 15 is 0 Å². The fraction of sp³-hybridized carbons (Fsp3) is 0.250. The number of nitrogens with zero attached hydrogens (tertiary/aromatic N) is 1. The molecule has 0 unspecified atom stereocenters. The normalized spacial score (nSPS) is 10.6. The quantitative estimate of drug-likeness (QED) is 0.583. The number of pyridine rings is 1. The number of aromatic nitrogens is 1. The minimum Gasteiger partial charge on any atom is -0.296 e. The SMILES string of the molecule is O=Cc1nc(CCl)cc(C(F)F)c1F. The van der Waals surface area contributed by atoms with E-state index in [1.54, 1.807) is 0 Å². The fourth-order valence-electron chi connectivity index (χ4n) is 0.932.